The van der Waals surface area contributed by atoms with Crippen LogP contribution in [0.25, 0.3) is 6.08 Å². The predicted octanol–water partition coefficient (Wildman–Crippen LogP) is 3.64. The number of hydrogen-bond donors (Lipinski definition) is 1. The summed E-state index contributed by atoms with van der Waals surface area (Å²) in [5.41, 5.74) is 1.23. The number of hydrogen-bond acceptors (Lipinski definition) is 2. The zero-order chi connectivity index (χ0) is 13.2. The fraction of sp³-hybridized carbons (Fsp3) is 0.529. The van der Waals surface area contributed by atoms with Gasteiger partial charge in [-0.25, -0.2) is 0 Å². The summed E-state index contributed by atoms with van der Waals surface area (Å²) in [5, 5.41) is 3.58. The Kier molecular flexibility index (Phi) is 6.69. The molecule has 1 aliphatic carbocycles. The third-order valence-corrected chi connectivity index (χ3v) is 3.61. The highest BCUT2D eigenvalue weighted by Gasteiger charge is 2.11. The minimum Gasteiger partial charge on any atom is -0.376 e. The minimum atomic E-state index is 0.696. The van der Waals surface area contributed by atoms with E-state index in [4.69, 9.17) is 4.74 Å². The smallest absolute Gasteiger partial charge is 0.0651 e. The van der Waals surface area contributed by atoms with Crippen LogP contribution >= 0.6 is 0 Å². The van der Waals surface area contributed by atoms with E-state index in [2.05, 4.69) is 41.7 Å². The molecule has 0 radical (unpaired) electrons. The number of ether oxygens (including phenoxy) is 1. The van der Waals surface area contributed by atoms with E-state index in [1.807, 2.05) is 6.07 Å². The zero-order valence-corrected chi connectivity index (χ0v) is 11.7. The molecule has 0 bridgehead atoms. The summed E-state index contributed by atoms with van der Waals surface area (Å²) >= 11 is 0. The van der Waals surface area contributed by atoms with E-state index in [1.165, 1.54) is 37.7 Å². The molecule has 0 unspecified atom stereocenters. The maximum atomic E-state index is 5.60. The average Bonchev–Trinajstić information content (AvgIpc) is 2.48. The zero-order valence-electron chi connectivity index (χ0n) is 11.7. The topological polar surface area (TPSA) is 21.3 Å². The minimum absolute atomic E-state index is 0.696. The summed E-state index contributed by atoms with van der Waals surface area (Å²) in [6, 6.07) is 11.1. The second kappa shape index (κ2) is 8.89. The monoisotopic (exact) mass is 259 g/mol. The molecule has 0 spiro atoms. The number of benzene rings is 1. The van der Waals surface area contributed by atoms with Crippen LogP contribution in [0.4, 0.5) is 0 Å². The summed E-state index contributed by atoms with van der Waals surface area (Å²) in [7, 11) is 0. The van der Waals surface area contributed by atoms with Crippen molar-refractivity contribution in [1.29, 1.82) is 0 Å². The van der Waals surface area contributed by atoms with Crippen LogP contribution in [0.15, 0.2) is 36.4 Å². The first-order valence-corrected chi connectivity index (χ1v) is 7.48. The molecule has 0 aromatic heterocycles. The van der Waals surface area contributed by atoms with E-state index >= 15 is 0 Å². The number of rotatable bonds is 7. The van der Waals surface area contributed by atoms with E-state index in [1.54, 1.807) is 0 Å². The highest BCUT2D eigenvalue weighted by molar-refractivity contribution is 5.48. The van der Waals surface area contributed by atoms with Gasteiger partial charge in [-0.3, -0.25) is 0 Å². The molecule has 2 heteroatoms. The molecule has 0 aliphatic heterocycles. The fourth-order valence-corrected chi connectivity index (χ4v) is 2.54. The Morgan fingerprint density at radius 1 is 1.11 bits per heavy atom. The maximum Gasteiger partial charge on any atom is 0.0651 e. The van der Waals surface area contributed by atoms with Crippen molar-refractivity contribution >= 4 is 6.08 Å². The molecule has 0 heterocycles. The fourth-order valence-electron chi connectivity index (χ4n) is 2.54. The van der Waals surface area contributed by atoms with Crippen molar-refractivity contribution < 1.29 is 4.74 Å². The molecule has 19 heavy (non-hydrogen) atoms. The SMILES string of the molecule is C(=Cc1ccccc1)COCCNC1CCCCC1. The Morgan fingerprint density at radius 2 is 1.89 bits per heavy atom. The highest BCUT2D eigenvalue weighted by Crippen LogP contribution is 2.16. The van der Waals surface area contributed by atoms with E-state index in [-0.39, 0.29) is 0 Å². The molecule has 104 valence electrons. The van der Waals surface area contributed by atoms with Crippen molar-refractivity contribution in [2.75, 3.05) is 19.8 Å². The average molecular weight is 259 g/mol. The van der Waals surface area contributed by atoms with Crippen LogP contribution in [0.3, 0.4) is 0 Å². The molecule has 1 fully saturated rings. The third-order valence-electron chi connectivity index (χ3n) is 3.61. The van der Waals surface area contributed by atoms with Gasteiger partial charge in [0.05, 0.1) is 13.2 Å². The Bertz CT molecular complexity index is 355. The second-order valence-electron chi connectivity index (χ2n) is 5.18. The molecular formula is C17H25NO. The largest absolute Gasteiger partial charge is 0.376 e. The second-order valence-corrected chi connectivity index (χ2v) is 5.18. The summed E-state index contributed by atoms with van der Waals surface area (Å²) < 4.78 is 5.60. The summed E-state index contributed by atoms with van der Waals surface area (Å²) in [4.78, 5) is 0. The Morgan fingerprint density at radius 3 is 2.68 bits per heavy atom. The van der Waals surface area contributed by atoms with Crippen molar-refractivity contribution in [1.82, 2.24) is 5.32 Å². The lowest BCUT2D eigenvalue weighted by Crippen LogP contribution is -2.33. The Hall–Kier alpha value is -1.12. The lowest BCUT2D eigenvalue weighted by Gasteiger charge is -2.22. The molecule has 2 nitrogen and oxygen atoms in total. The van der Waals surface area contributed by atoms with E-state index < -0.39 is 0 Å². The van der Waals surface area contributed by atoms with E-state index in [0.717, 1.165) is 19.2 Å². The van der Waals surface area contributed by atoms with Gasteiger partial charge in [-0.2, -0.15) is 0 Å². The van der Waals surface area contributed by atoms with Gasteiger partial charge in [0.2, 0.25) is 0 Å². The van der Waals surface area contributed by atoms with Crippen LogP contribution in [-0.4, -0.2) is 25.8 Å². The van der Waals surface area contributed by atoms with Gasteiger partial charge < -0.3 is 10.1 Å². The first-order valence-electron chi connectivity index (χ1n) is 7.48. The quantitative estimate of drug-likeness (QED) is 0.755. The first kappa shape index (κ1) is 14.3. The molecule has 1 aromatic rings. The van der Waals surface area contributed by atoms with Crippen molar-refractivity contribution in [2.45, 2.75) is 38.1 Å². The normalized spacial score (nSPS) is 17.1. The summed E-state index contributed by atoms with van der Waals surface area (Å²) in [6.45, 7) is 2.47. The van der Waals surface area contributed by atoms with E-state index in [9.17, 15) is 0 Å². The van der Waals surface area contributed by atoms with Crippen molar-refractivity contribution in [3.8, 4) is 0 Å². The molecule has 2 rings (SSSR count). The van der Waals surface area contributed by atoms with Gasteiger partial charge in [0.15, 0.2) is 0 Å². The molecule has 1 aliphatic rings. The van der Waals surface area contributed by atoms with Gasteiger partial charge in [-0.05, 0) is 18.4 Å². The van der Waals surface area contributed by atoms with Gasteiger partial charge in [0.1, 0.15) is 0 Å². The summed E-state index contributed by atoms with van der Waals surface area (Å²) in [6.07, 6.45) is 11.1. The maximum absolute atomic E-state index is 5.60. The van der Waals surface area contributed by atoms with Gasteiger partial charge in [-0.1, -0.05) is 61.7 Å². The molecule has 1 saturated carbocycles. The van der Waals surface area contributed by atoms with Crippen LogP contribution in [0, 0.1) is 0 Å². The van der Waals surface area contributed by atoms with Crippen LogP contribution in [-0.2, 0) is 4.74 Å². The van der Waals surface area contributed by atoms with Crippen LogP contribution in [0.5, 0.6) is 0 Å². The van der Waals surface area contributed by atoms with Gasteiger partial charge in [0.25, 0.3) is 0 Å². The molecule has 0 amide bonds. The molecule has 1 aromatic carbocycles. The van der Waals surface area contributed by atoms with Gasteiger partial charge in [0, 0.05) is 12.6 Å². The molecular weight excluding hydrogens is 234 g/mol. The van der Waals surface area contributed by atoms with Crippen molar-refractivity contribution in [3.05, 3.63) is 42.0 Å². The highest BCUT2D eigenvalue weighted by atomic mass is 16.5. The Labute approximate surface area is 116 Å². The van der Waals surface area contributed by atoms with Crippen LogP contribution < -0.4 is 5.32 Å². The van der Waals surface area contributed by atoms with Gasteiger partial charge in [-0.15, -0.1) is 0 Å². The van der Waals surface area contributed by atoms with Crippen LogP contribution in [0.2, 0.25) is 0 Å². The van der Waals surface area contributed by atoms with E-state index in [0.29, 0.717) is 6.61 Å². The lowest BCUT2D eigenvalue weighted by molar-refractivity contribution is 0.159. The summed E-state index contributed by atoms with van der Waals surface area (Å²) in [5.74, 6) is 0. The lowest BCUT2D eigenvalue weighted by atomic mass is 9.96. The molecule has 1 N–H and O–H groups in total. The first-order chi connectivity index (χ1) is 9.45. The standard InChI is InChI=1S/C17H25NO/c1-3-8-16(9-4-1)10-7-14-19-15-13-18-17-11-5-2-6-12-17/h1,3-4,7-10,17-18H,2,5-6,11-15H2. The van der Waals surface area contributed by atoms with Gasteiger partial charge >= 0.3 is 0 Å². The van der Waals surface area contributed by atoms with Crippen LogP contribution in [0.1, 0.15) is 37.7 Å². The number of nitrogens with one attached hydrogen (secondary N) is 1. The predicted molar refractivity (Wildman–Crippen MR) is 81.2 cm³/mol. The van der Waals surface area contributed by atoms with Crippen molar-refractivity contribution in [3.63, 3.8) is 0 Å². The third kappa shape index (κ3) is 6.04. The molecule has 0 saturated heterocycles. The van der Waals surface area contributed by atoms with Crippen molar-refractivity contribution in [2.24, 2.45) is 0 Å². The molecule has 0 atom stereocenters. The Balaban J connectivity index is 1.49.